The van der Waals surface area contributed by atoms with Gasteiger partial charge in [-0.2, -0.15) is 0 Å². The van der Waals surface area contributed by atoms with Crippen LogP contribution in [0.15, 0.2) is 17.0 Å². The van der Waals surface area contributed by atoms with E-state index in [1.165, 1.54) is 6.42 Å². The number of carbonyl (C=O) groups is 2. The van der Waals surface area contributed by atoms with Crippen molar-refractivity contribution in [1.29, 1.82) is 0 Å². The number of benzene rings is 1. The molecule has 1 saturated carbocycles. The lowest BCUT2D eigenvalue weighted by Crippen LogP contribution is -2.36. The van der Waals surface area contributed by atoms with E-state index in [9.17, 15) is 18.0 Å². The van der Waals surface area contributed by atoms with Crippen LogP contribution in [-0.4, -0.2) is 38.6 Å². The summed E-state index contributed by atoms with van der Waals surface area (Å²) in [4.78, 5) is 26.2. The predicted octanol–water partition coefficient (Wildman–Crippen LogP) is 2.13. The van der Waals surface area contributed by atoms with Gasteiger partial charge in [0.2, 0.25) is 11.8 Å². The minimum absolute atomic E-state index is 0.00410. The lowest BCUT2D eigenvalue weighted by atomic mass is 9.95. The maximum absolute atomic E-state index is 12.8. The Bertz CT molecular complexity index is 872. The van der Waals surface area contributed by atoms with Crippen LogP contribution in [0.1, 0.15) is 56.1 Å². The van der Waals surface area contributed by atoms with Crippen molar-refractivity contribution in [2.45, 2.75) is 68.7 Å². The molecule has 146 valence electrons. The lowest BCUT2D eigenvalue weighted by Gasteiger charge is -2.25. The maximum atomic E-state index is 12.8. The highest BCUT2D eigenvalue weighted by molar-refractivity contribution is 7.91. The average molecular weight is 391 g/mol. The summed E-state index contributed by atoms with van der Waals surface area (Å²) in [6.07, 6.45) is 7.15. The number of sulfone groups is 1. The van der Waals surface area contributed by atoms with Crippen molar-refractivity contribution >= 4 is 27.3 Å². The van der Waals surface area contributed by atoms with E-state index in [1.54, 1.807) is 17.0 Å². The summed E-state index contributed by atoms with van der Waals surface area (Å²) in [5.41, 5.74) is 2.79. The molecule has 0 radical (unpaired) electrons. The molecule has 0 unspecified atom stereocenters. The first-order valence-corrected chi connectivity index (χ1v) is 11.6. The summed E-state index contributed by atoms with van der Waals surface area (Å²) in [7, 11) is -3.52. The van der Waals surface area contributed by atoms with Gasteiger partial charge in [-0.05, 0) is 48.9 Å². The third-order valence-corrected chi connectivity index (χ3v) is 7.65. The molecule has 4 rings (SSSR count). The fourth-order valence-electron chi connectivity index (χ4n) is 4.50. The van der Waals surface area contributed by atoms with Crippen LogP contribution in [0.25, 0.3) is 0 Å². The van der Waals surface area contributed by atoms with E-state index in [0.29, 0.717) is 25.8 Å². The number of rotatable bonds is 5. The SMILES string of the molecule is O=C(CCS(=O)(=O)c1cc2c3c(c1)CCN3C(=O)CC2)NC1CCCCC1. The minimum atomic E-state index is -3.52. The van der Waals surface area contributed by atoms with Crippen LogP contribution in [0.2, 0.25) is 0 Å². The predicted molar refractivity (Wildman–Crippen MR) is 103 cm³/mol. The van der Waals surface area contributed by atoms with E-state index >= 15 is 0 Å². The molecule has 1 aromatic carbocycles. The van der Waals surface area contributed by atoms with E-state index in [-0.39, 0.29) is 34.9 Å². The van der Waals surface area contributed by atoms with Crippen LogP contribution < -0.4 is 10.2 Å². The normalized spacial score (nSPS) is 19.9. The van der Waals surface area contributed by atoms with Crippen molar-refractivity contribution in [1.82, 2.24) is 5.32 Å². The van der Waals surface area contributed by atoms with Gasteiger partial charge < -0.3 is 10.2 Å². The van der Waals surface area contributed by atoms with Crippen LogP contribution >= 0.6 is 0 Å². The van der Waals surface area contributed by atoms with Crippen molar-refractivity contribution < 1.29 is 18.0 Å². The lowest BCUT2D eigenvalue weighted by molar-refractivity contribution is -0.121. The molecular formula is C20H26N2O4S. The van der Waals surface area contributed by atoms with Crippen molar-refractivity contribution in [3.05, 3.63) is 23.3 Å². The van der Waals surface area contributed by atoms with Gasteiger partial charge >= 0.3 is 0 Å². The molecule has 0 aromatic heterocycles. The molecule has 27 heavy (non-hydrogen) atoms. The topological polar surface area (TPSA) is 83.6 Å². The van der Waals surface area contributed by atoms with Crippen molar-refractivity contribution in [3.63, 3.8) is 0 Å². The van der Waals surface area contributed by atoms with E-state index < -0.39 is 9.84 Å². The second kappa shape index (κ2) is 7.26. The molecule has 1 N–H and O–H groups in total. The van der Waals surface area contributed by atoms with Crippen LogP contribution in [0.4, 0.5) is 5.69 Å². The molecule has 1 fully saturated rings. The highest BCUT2D eigenvalue weighted by Gasteiger charge is 2.33. The van der Waals surface area contributed by atoms with Gasteiger partial charge in [-0.1, -0.05) is 19.3 Å². The third kappa shape index (κ3) is 3.74. The minimum Gasteiger partial charge on any atom is -0.353 e. The van der Waals surface area contributed by atoms with Crippen molar-refractivity contribution in [3.8, 4) is 0 Å². The number of carbonyl (C=O) groups excluding carboxylic acids is 2. The fourth-order valence-corrected chi connectivity index (χ4v) is 5.83. The average Bonchev–Trinajstić information content (AvgIpc) is 3.09. The first kappa shape index (κ1) is 18.5. The molecule has 7 heteroatoms. The van der Waals surface area contributed by atoms with Gasteiger partial charge in [0, 0.05) is 25.4 Å². The zero-order chi connectivity index (χ0) is 19.0. The maximum Gasteiger partial charge on any atom is 0.227 e. The Morgan fingerprint density at radius 2 is 1.78 bits per heavy atom. The number of aryl methyl sites for hydroxylation is 1. The second-order valence-electron chi connectivity index (χ2n) is 7.86. The van der Waals surface area contributed by atoms with Gasteiger partial charge in [-0.3, -0.25) is 9.59 Å². The summed E-state index contributed by atoms with van der Waals surface area (Å²) in [5.74, 6) is -0.229. The van der Waals surface area contributed by atoms with Crippen LogP contribution in [0.5, 0.6) is 0 Å². The van der Waals surface area contributed by atoms with E-state index in [4.69, 9.17) is 0 Å². The largest absolute Gasteiger partial charge is 0.353 e. The van der Waals surface area contributed by atoms with Crippen molar-refractivity contribution in [2.75, 3.05) is 17.2 Å². The standard InChI is InChI=1S/C20H26N2O4S/c23-18(21-16-4-2-1-3-5-16)9-11-27(25,26)17-12-14-6-7-19(24)22-10-8-15(13-17)20(14)22/h12-13,16H,1-11H2,(H,21,23). The van der Waals surface area contributed by atoms with Crippen molar-refractivity contribution in [2.24, 2.45) is 0 Å². The Hall–Kier alpha value is -1.89. The van der Waals surface area contributed by atoms with E-state index in [2.05, 4.69) is 5.32 Å². The molecule has 0 atom stereocenters. The molecular weight excluding hydrogens is 364 g/mol. The summed E-state index contributed by atoms with van der Waals surface area (Å²) in [6.45, 7) is 0.633. The summed E-state index contributed by atoms with van der Waals surface area (Å²) >= 11 is 0. The monoisotopic (exact) mass is 390 g/mol. The third-order valence-electron chi connectivity index (χ3n) is 5.95. The molecule has 0 spiro atoms. The van der Waals surface area contributed by atoms with Gasteiger partial charge in [0.1, 0.15) is 0 Å². The molecule has 1 aliphatic carbocycles. The number of nitrogens with one attached hydrogen (secondary N) is 1. The summed E-state index contributed by atoms with van der Waals surface area (Å²) < 4.78 is 25.6. The second-order valence-corrected chi connectivity index (χ2v) is 9.97. The van der Waals surface area contributed by atoms with Gasteiger partial charge in [0.15, 0.2) is 9.84 Å². The Balaban J connectivity index is 1.45. The Morgan fingerprint density at radius 1 is 1.07 bits per heavy atom. The number of hydrogen-bond donors (Lipinski definition) is 1. The number of hydrogen-bond acceptors (Lipinski definition) is 4. The number of anilines is 1. The number of amides is 2. The highest BCUT2D eigenvalue weighted by Crippen LogP contribution is 2.38. The Morgan fingerprint density at radius 3 is 2.52 bits per heavy atom. The molecule has 0 saturated heterocycles. The molecule has 0 bridgehead atoms. The highest BCUT2D eigenvalue weighted by atomic mass is 32.2. The molecule has 3 aliphatic rings. The molecule has 1 aromatic rings. The van der Waals surface area contributed by atoms with Gasteiger partial charge in [0.05, 0.1) is 16.3 Å². The first-order chi connectivity index (χ1) is 12.9. The first-order valence-electron chi connectivity index (χ1n) is 9.92. The molecule has 2 heterocycles. The van der Waals surface area contributed by atoms with E-state index in [1.807, 2.05) is 0 Å². The number of nitrogens with zero attached hydrogens (tertiary/aromatic N) is 1. The Kier molecular flexibility index (Phi) is 4.97. The van der Waals surface area contributed by atoms with Crippen LogP contribution in [-0.2, 0) is 32.3 Å². The van der Waals surface area contributed by atoms with Gasteiger partial charge in [-0.15, -0.1) is 0 Å². The molecule has 6 nitrogen and oxygen atoms in total. The Labute approximate surface area is 160 Å². The summed E-state index contributed by atoms with van der Waals surface area (Å²) in [5, 5.41) is 2.98. The zero-order valence-electron chi connectivity index (χ0n) is 15.5. The van der Waals surface area contributed by atoms with Crippen LogP contribution in [0.3, 0.4) is 0 Å². The fraction of sp³-hybridized carbons (Fsp3) is 0.600. The quantitative estimate of drug-likeness (QED) is 0.835. The smallest absolute Gasteiger partial charge is 0.227 e. The summed E-state index contributed by atoms with van der Waals surface area (Å²) in [6, 6.07) is 3.60. The van der Waals surface area contributed by atoms with E-state index in [0.717, 1.165) is 42.5 Å². The van der Waals surface area contributed by atoms with Gasteiger partial charge in [-0.25, -0.2) is 8.42 Å². The molecule has 2 amide bonds. The zero-order valence-corrected chi connectivity index (χ0v) is 16.3. The molecule has 2 aliphatic heterocycles. The van der Waals surface area contributed by atoms with Crippen LogP contribution in [0, 0.1) is 0 Å². The van der Waals surface area contributed by atoms with Gasteiger partial charge in [0.25, 0.3) is 0 Å².